The molecular formula is C16H20N4O3. The maximum Gasteiger partial charge on any atom is 0.227 e. The number of hydrogen-bond acceptors (Lipinski definition) is 4. The third-order valence-corrected chi connectivity index (χ3v) is 3.98. The van der Waals surface area contributed by atoms with Gasteiger partial charge >= 0.3 is 0 Å². The van der Waals surface area contributed by atoms with Gasteiger partial charge in [-0.05, 0) is 26.0 Å². The van der Waals surface area contributed by atoms with Crippen molar-refractivity contribution in [3.8, 4) is 0 Å². The van der Waals surface area contributed by atoms with E-state index in [0.717, 1.165) is 18.0 Å². The minimum absolute atomic E-state index is 0.0466. The Hall–Kier alpha value is -2.57. The number of hydrogen-bond donors (Lipinski definition) is 1. The Balaban J connectivity index is 1.59. The third-order valence-electron chi connectivity index (χ3n) is 3.98. The molecule has 0 radical (unpaired) electrons. The van der Waals surface area contributed by atoms with Gasteiger partial charge in [0.1, 0.15) is 11.5 Å². The second-order valence-electron chi connectivity index (χ2n) is 5.69. The number of furan rings is 1. The molecule has 0 aromatic carbocycles. The van der Waals surface area contributed by atoms with Crippen molar-refractivity contribution in [1.29, 1.82) is 0 Å². The number of nitrogens with zero attached hydrogens (tertiary/aromatic N) is 3. The van der Waals surface area contributed by atoms with Gasteiger partial charge in [0.25, 0.3) is 0 Å². The molecule has 1 aliphatic rings. The molecule has 2 aromatic rings. The summed E-state index contributed by atoms with van der Waals surface area (Å²) in [5.41, 5.74) is 0.744. The fraction of sp³-hybridized carbons (Fsp3) is 0.438. The molecule has 122 valence electrons. The Labute approximate surface area is 134 Å². The van der Waals surface area contributed by atoms with Crippen molar-refractivity contribution in [2.75, 3.05) is 11.4 Å². The second-order valence-corrected chi connectivity index (χ2v) is 5.69. The van der Waals surface area contributed by atoms with Crippen LogP contribution in [0.2, 0.25) is 0 Å². The molecule has 2 aromatic heterocycles. The van der Waals surface area contributed by atoms with Gasteiger partial charge in [-0.2, -0.15) is 5.10 Å². The van der Waals surface area contributed by atoms with Crippen LogP contribution in [-0.4, -0.2) is 28.1 Å². The molecule has 1 aliphatic heterocycles. The van der Waals surface area contributed by atoms with Crippen LogP contribution in [-0.2, 0) is 22.7 Å². The molecule has 0 aliphatic carbocycles. The molecule has 2 amide bonds. The molecule has 1 N–H and O–H groups in total. The van der Waals surface area contributed by atoms with Gasteiger partial charge in [-0.25, -0.2) is 0 Å². The van der Waals surface area contributed by atoms with E-state index in [-0.39, 0.29) is 24.2 Å². The number of carbonyl (C=O) groups excluding carboxylic acids is 2. The van der Waals surface area contributed by atoms with Gasteiger partial charge in [0.2, 0.25) is 11.8 Å². The van der Waals surface area contributed by atoms with Crippen LogP contribution in [0.3, 0.4) is 0 Å². The average molecular weight is 316 g/mol. The summed E-state index contributed by atoms with van der Waals surface area (Å²) in [5.74, 6) is 1.00. The predicted molar refractivity (Wildman–Crippen MR) is 83.7 cm³/mol. The Bertz CT molecular complexity index is 718. The summed E-state index contributed by atoms with van der Waals surface area (Å²) >= 11 is 0. The van der Waals surface area contributed by atoms with Gasteiger partial charge in [0, 0.05) is 25.7 Å². The van der Waals surface area contributed by atoms with Crippen molar-refractivity contribution in [2.45, 2.75) is 33.4 Å². The van der Waals surface area contributed by atoms with E-state index in [0.29, 0.717) is 18.8 Å². The summed E-state index contributed by atoms with van der Waals surface area (Å²) in [6.07, 6.45) is 3.71. The van der Waals surface area contributed by atoms with Crippen LogP contribution >= 0.6 is 0 Å². The van der Waals surface area contributed by atoms with Gasteiger partial charge in [0.05, 0.1) is 24.3 Å². The SMILES string of the molecule is CCn1cc(N2CC(C(=O)NCc3ccc(C)o3)CC2=O)cn1. The highest BCUT2D eigenvalue weighted by molar-refractivity contribution is 6.00. The predicted octanol–water partition coefficient (Wildman–Crippen LogP) is 1.47. The van der Waals surface area contributed by atoms with E-state index in [1.54, 1.807) is 15.8 Å². The van der Waals surface area contributed by atoms with Crippen LogP contribution in [0.25, 0.3) is 0 Å². The number of carbonyl (C=O) groups is 2. The number of nitrogens with one attached hydrogen (secondary N) is 1. The quantitative estimate of drug-likeness (QED) is 0.906. The maximum atomic E-state index is 12.3. The maximum absolute atomic E-state index is 12.3. The van der Waals surface area contributed by atoms with Crippen LogP contribution in [0.15, 0.2) is 28.9 Å². The molecule has 0 spiro atoms. The highest BCUT2D eigenvalue weighted by Gasteiger charge is 2.35. The van der Waals surface area contributed by atoms with Crippen LogP contribution in [0, 0.1) is 12.8 Å². The van der Waals surface area contributed by atoms with E-state index < -0.39 is 0 Å². The normalized spacial score (nSPS) is 17.7. The van der Waals surface area contributed by atoms with Crippen molar-refractivity contribution in [3.63, 3.8) is 0 Å². The molecule has 23 heavy (non-hydrogen) atoms. The Morgan fingerprint density at radius 3 is 2.96 bits per heavy atom. The lowest BCUT2D eigenvalue weighted by Gasteiger charge is -2.14. The summed E-state index contributed by atoms with van der Waals surface area (Å²) in [5, 5.41) is 7.00. The van der Waals surface area contributed by atoms with Gasteiger partial charge in [-0.1, -0.05) is 0 Å². The lowest BCUT2D eigenvalue weighted by molar-refractivity contribution is -0.126. The minimum atomic E-state index is -0.344. The lowest BCUT2D eigenvalue weighted by atomic mass is 10.1. The molecule has 1 unspecified atom stereocenters. The van der Waals surface area contributed by atoms with Crippen molar-refractivity contribution in [2.24, 2.45) is 5.92 Å². The highest BCUT2D eigenvalue weighted by atomic mass is 16.3. The number of aryl methyl sites for hydroxylation is 2. The molecule has 0 bridgehead atoms. The fourth-order valence-electron chi connectivity index (χ4n) is 2.70. The molecule has 3 rings (SSSR count). The highest BCUT2D eigenvalue weighted by Crippen LogP contribution is 2.24. The largest absolute Gasteiger partial charge is 0.465 e. The minimum Gasteiger partial charge on any atom is -0.465 e. The van der Waals surface area contributed by atoms with Gasteiger partial charge in [-0.15, -0.1) is 0 Å². The number of rotatable bonds is 5. The number of anilines is 1. The van der Waals surface area contributed by atoms with Crippen LogP contribution in [0.5, 0.6) is 0 Å². The zero-order valence-corrected chi connectivity index (χ0v) is 13.3. The summed E-state index contributed by atoms with van der Waals surface area (Å²) in [6, 6.07) is 3.69. The molecule has 1 saturated heterocycles. The first kappa shape index (κ1) is 15.3. The van der Waals surface area contributed by atoms with E-state index >= 15 is 0 Å². The topological polar surface area (TPSA) is 80.4 Å². The van der Waals surface area contributed by atoms with E-state index in [1.807, 2.05) is 32.2 Å². The van der Waals surface area contributed by atoms with E-state index in [2.05, 4.69) is 10.4 Å². The van der Waals surface area contributed by atoms with E-state index in [9.17, 15) is 9.59 Å². The first-order valence-corrected chi connectivity index (χ1v) is 7.72. The summed E-state index contributed by atoms with van der Waals surface area (Å²) in [6.45, 7) is 5.31. The number of amides is 2. The van der Waals surface area contributed by atoms with Crippen molar-refractivity contribution in [3.05, 3.63) is 36.0 Å². The van der Waals surface area contributed by atoms with Crippen molar-refractivity contribution in [1.82, 2.24) is 15.1 Å². The van der Waals surface area contributed by atoms with Gasteiger partial charge in [0.15, 0.2) is 0 Å². The summed E-state index contributed by atoms with van der Waals surface area (Å²) in [4.78, 5) is 26.0. The first-order chi connectivity index (χ1) is 11.1. The fourth-order valence-corrected chi connectivity index (χ4v) is 2.70. The Morgan fingerprint density at radius 2 is 2.30 bits per heavy atom. The lowest BCUT2D eigenvalue weighted by Crippen LogP contribution is -2.32. The molecule has 1 atom stereocenters. The first-order valence-electron chi connectivity index (χ1n) is 7.72. The molecule has 1 fully saturated rings. The van der Waals surface area contributed by atoms with Gasteiger partial charge < -0.3 is 14.6 Å². The Morgan fingerprint density at radius 1 is 1.48 bits per heavy atom. The third kappa shape index (κ3) is 3.28. The molecule has 0 saturated carbocycles. The molecular weight excluding hydrogens is 296 g/mol. The summed E-state index contributed by atoms with van der Waals surface area (Å²) in [7, 11) is 0. The number of aromatic nitrogens is 2. The van der Waals surface area contributed by atoms with Crippen LogP contribution < -0.4 is 10.2 Å². The van der Waals surface area contributed by atoms with Crippen molar-refractivity contribution >= 4 is 17.5 Å². The summed E-state index contributed by atoms with van der Waals surface area (Å²) < 4.78 is 7.18. The molecule has 7 heteroatoms. The Kier molecular flexibility index (Phi) is 4.18. The molecule has 3 heterocycles. The van der Waals surface area contributed by atoms with Crippen LogP contribution in [0.4, 0.5) is 5.69 Å². The van der Waals surface area contributed by atoms with Crippen molar-refractivity contribution < 1.29 is 14.0 Å². The van der Waals surface area contributed by atoms with E-state index in [1.165, 1.54) is 0 Å². The van der Waals surface area contributed by atoms with Gasteiger partial charge in [-0.3, -0.25) is 14.3 Å². The van der Waals surface area contributed by atoms with Crippen LogP contribution in [0.1, 0.15) is 24.9 Å². The standard InChI is InChI=1S/C16H20N4O3/c1-3-19-10-13(7-18-19)20-9-12(6-15(20)21)16(22)17-8-14-5-4-11(2)23-14/h4-5,7,10,12H,3,6,8-9H2,1-2H3,(H,17,22). The average Bonchev–Trinajstić information content (AvgIpc) is 3.24. The smallest absolute Gasteiger partial charge is 0.227 e. The monoisotopic (exact) mass is 316 g/mol. The zero-order chi connectivity index (χ0) is 16.4. The van der Waals surface area contributed by atoms with E-state index in [4.69, 9.17) is 4.42 Å². The second kappa shape index (κ2) is 6.28. The molecule has 7 nitrogen and oxygen atoms in total. The zero-order valence-electron chi connectivity index (χ0n) is 13.3.